The molecule has 2 aromatic carbocycles. The van der Waals surface area contributed by atoms with Crippen LogP contribution in [0.25, 0.3) is 0 Å². The highest BCUT2D eigenvalue weighted by molar-refractivity contribution is 7.98. The van der Waals surface area contributed by atoms with Crippen molar-refractivity contribution in [2.45, 2.75) is 276 Å². The molecule has 2 bridgehead atoms. The first kappa shape index (κ1) is 110. The van der Waals surface area contributed by atoms with E-state index in [2.05, 4.69) is 85.1 Å². The third kappa shape index (κ3) is 40.7. The van der Waals surface area contributed by atoms with Crippen LogP contribution in [0.2, 0.25) is 0 Å². The topological polar surface area (TPSA) is 607 Å². The summed E-state index contributed by atoms with van der Waals surface area (Å²) >= 11 is 2.45. The molecule has 0 aromatic heterocycles. The molecule has 0 unspecified atom stereocenters. The molecule has 38 nitrogen and oxygen atoms in total. The number of aliphatic hydroxyl groups is 1. The number of rotatable bonds is 48. The van der Waals surface area contributed by atoms with Gasteiger partial charge in [-0.1, -0.05) is 144 Å². The number of fused-ring (bicyclic) bond motifs is 20. The molecular weight excluding hydrogens is 1670 g/mol. The van der Waals surface area contributed by atoms with Crippen LogP contribution in [0.3, 0.4) is 0 Å². The van der Waals surface area contributed by atoms with E-state index in [1.807, 2.05) is 52.0 Å². The van der Waals surface area contributed by atoms with Crippen LogP contribution >= 0.6 is 23.5 Å². The molecular formula is C86H142N20O18S2. The maximum absolute atomic E-state index is 15.0. The van der Waals surface area contributed by atoms with E-state index in [1.54, 1.807) is 85.7 Å². The number of carbonyl (C=O) groups excluding carboxylic acids is 17. The van der Waals surface area contributed by atoms with Gasteiger partial charge in [-0.05, 0) is 149 Å². The van der Waals surface area contributed by atoms with Crippen molar-refractivity contribution in [2.75, 3.05) is 50.8 Å². The van der Waals surface area contributed by atoms with Crippen molar-refractivity contribution in [1.29, 1.82) is 0 Å². The third-order valence-corrected chi connectivity index (χ3v) is 23.0. The molecule has 126 heavy (non-hydrogen) atoms. The minimum Gasteiger partial charge on any atom is -0.394 e. The highest BCUT2D eigenvalue weighted by Gasteiger charge is 2.40. The number of benzene rings is 2. The maximum Gasteiger partial charge on any atom is 0.245 e. The lowest BCUT2D eigenvalue weighted by molar-refractivity contribution is -0.137. The molecule has 706 valence electrons. The summed E-state index contributed by atoms with van der Waals surface area (Å²) in [6, 6.07) is -2.77. The van der Waals surface area contributed by atoms with Crippen molar-refractivity contribution in [2.24, 2.45) is 58.4 Å². The molecule has 0 radical (unpaired) electrons. The van der Waals surface area contributed by atoms with Gasteiger partial charge in [0.2, 0.25) is 100 Å². The molecule has 15 atom stereocenters. The summed E-state index contributed by atoms with van der Waals surface area (Å²) in [6.45, 7) is 21.9. The molecule has 0 fully saturated rings. The lowest BCUT2D eigenvalue weighted by Gasteiger charge is -2.30. The van der Waals surface area contributed by atoms with Crippen molar-refractivity contribution < 1.29 is 86.6 Å². The zero-order valence-corrected chi connectivity index (χ0v) is 77.2. The number of thioether (sulfide) groups is 2. The van der Waals surface area contributed by atoms with Crippen LogP contribution in [0.1, 0.15) is 191 Å². The molecule has 2 aliphatic heterocycles. The molecule has 4 rings (SSSR count). The molecule has 2 heterocycles. The first-order chi connectivity index (χ1) is 59.6. The molecule has 17 amide bonds. The molecule has 25 N–H and O–H groups in total. The van der Waals surface area contributed by atoms with E-state index in [0.29, 0.717) is 50.5 Å². The summed E-state index contributed by atoms with van der Waals surface area (Å²) in [7, 11) is 0. The number of hydrogen-bond donors (Lipinski definition) is 21. The summed E-state index contributed by atoms with van der Waals surface area (Å²) in [5.74, 6) is -15.8. The average molecular weight is 1810 g/mol. The zero-order valence-electron chi connectivity index (χ0n) is 75.5. The van der Waals surface area contributed by atoms with Crippen LogP contribution < -0.4 is 108 Å². The van der Waals surface area contributed by atoms with E-state index < -0.39 is 228 Å². The van der Waals surface area contributed by atoms with Gasteiger partial charge in [-0.25, -0.2) is 0 Å². The van der Waals surface area contributed by atoms with Crippen molar-refractivity contribution in [1.82, 2.24) is 85.1 Å². The Morgan fingerprint density at radius 3 is 1.47 bits per heavy atom. The number of unbranched alkanes of at least 4 members (excludes halogenated alkanes) is 3. The van der Waals surface area contributed by atoms with Crippen LogP contribution in [-0.4, -0.2) is 241 Å². The second kappa shape index (κ2) is 58.4. The van der Waals surface area contributed by atoms with Crippen molar-refractivity contribution in [3.8, 4) is 0 Å². The van der Waals surface area contributed by atoms with Crippen LogP contribution in [0.4, 0.5) is 0 Å². The van der Waals surface area contributed by atoms with E-state index in [4.69, 9.17) is 22.9 Å². The van der Waals surface area contributed by atoms with Gasteiger partial charge >= 0.3 is 0 Å². The van der Waals surface area contributed by atoms with Crippen LogP contribution in [0.15, 0.2) is 54.6 Å². The number of aliphatic hydroxyl groups excluding tert-OH is 1. The number of nitrogens with one attached hydrogen (secondary N) is 16. The highest BCUT2D eigenvalue weighted by atomic mass is 32.2. The SMILES string of the molecule is CC[C@H](C)[C@H](NC(=O)[C@@H](NC(=O)[C@H](CO)NC(=O)[C@@H]1CSCc2ccc(cc2)CSC[C@H](NC(=O)[C@@H](NC(=O)[C@H](C)NC(=O)[C@H](Cc2ccccc2)NC(=O)[C@H](CC(C)C)NC(=O)CNC(C)=O)C(C)C)C(=O)N[C@@H](CCCCN)C(=O)N[C@@H](CCCCN)C(=O)N[C@@H](C(C)C)C(=O)N1)C(C)C)C(=O)N[C@@H](CCCCN)C(=O)NCC(=O)N[C@@H](CC(C)C)C(N)=O. The van der Waals surface area contributed by atoms with E-state index >= 15 is 0 Å². The molecule has 0 saturated carbocycles. The van der Waals surface area contributed by atoms with E-state index in [0.717, 1.165) is 11.1 Å². The Morgan fingerprint density at radius 1 is 0.468 bits per heavy atom. The predicted octanol–water partition coefficient (Wildman–Crippen LogP) is -1.56. The van der Waals surface area contributed by atoms with Gasteiger partial charge in [0.25, 0.3) is 0 Å². The molecule has 2 aliphatic rings. The third-order valence-electron chi connectivity index (χ3n) is 20.8. The quantitative estimate of drug-likeness (QED) is 0.0263. The van der Waals surface area contributed by atoms with Crippen LogP contribution in [-0.2, 0) is 99.4 Å². The zero-order chi connectivity index (χ0) is 94.4. The van der Waals surface area contributed by atoms with E-state index in [-0.39, 0.29) is 93.0 Å². The largest absolute Gasteiger partial charge is 0.394 e. The Hall–Kier alpha value is -10.0. The van der Waals surface area contributed by atoms with Crippen molar-refractivity contribution in [3.63, 3.8) is 0 Å². The number of hydrogen-bond acceptors (Lipinski definition) is 23. The first-order valence-corrected chi connectivity index (χ1v) is 45.9. The fourth-order valence-electron chi connectivity index (χ4n) is 13.2. The fourth-order valence-corrected chi connectivity index (χ4v) is 15.3. The summed E-state index contributed by atoms with van der Waals surface area (Å²) in [5.41, 5.74) is 25.3. The normalized spacial score (nSPS) is 18.6. The lowest BCUT2D eigenvalue weighted by Crippen LogP contribution is -2.62. The number of amides is 17. The Balaban J connectivity index is 2.02. The number of nitrogens with two attached hydrogens (primary N) is 4. The van der Waals surface area contributed by atoms with Crippen LogP contribution in [0.5, 0.6) is 0 Å². The lowest BCUT2D eigenvalue weighted by atomic mass is 9.95. The Bertz CT molecular complexity index is 3880. The van der Waals surface area contributed by atoms with Gasteiger partial charge in [0.15, 0.2) is 0 Å². The Morgan fingerprint density at radius 2 is 0.944 bits per heavy atom. The van der Waals surface area contributed by atoms with Gasteiger partial charge in [0.1, 0.15) is 84.6 Å². The summed E-state index contributed by atoms with van der Waals surface area (Å²) in [5, 5.41) is 53.4. The second-order valence-electron chi connectivity index (χ2n) is 33.8. The van der Waals surface area contributed by atoms with Gasteiger partial charge in [0, 0.05) is 36.4 Å². The van der Waals surface area contributed by atoms with Crippen molar-refractivity contribution >= 4 is 124 Å². The minimum absolute atomic E-state index is 0.00336. The summed E-state index contributed by atoms with van der Waals surface area (Å²) in [4.78, 5) is 238. The van der Waals surface area contributed by atoms with Gasteiger partial charge < -0.3 is 113 Å². The smallest absolute Gasteiger partial charge is 0.245 e. The predicted molar refractivity (Wildman–Crippen MR) is 481 cm³/mol. The van der Waals surface area contributed by atoms with Crippen molar-refractivity contribution in [3.05, 3.63) is 71.3 Å². The second-order valence-corrected chi connectivity index (χ2v) is 35.9. The van der Waals surface area contributed by atoms with E-state index in [9.17, 15) is 86.6 Å². The summed E-state index contributed by atoms with van der Waals surface area (Å²) < 4.78 is 0. The van der Waals surface area contributed by atoms with Gasteiger partial charge in [0.05, 0.1) is 19.7 Å². The molecule has 2 aromatic rings. The minimum atomic E-state index is -1.76. The molecule has 0 aliphatic carbocycles. The number of carbonyl (C=O) groups is 17. The Labute approximate surface area is 748 Å². The molecule has 40 heteroatoms. The standard InChI is InChI=1S/C86H142N20O18S2/c1-15-52(12)72(86(124)98-58(27-19-22-34-87)75(113)92-41-68(110)94-61(73(90)111)37-47(2)3)106-85(123)71(51(10)11)105-80(118)64(42-107)100-82(120)66-46-126-44-57-32-30-56(31-33-57)43-125-45-65(81(119)97-59(28-20-23-35-88)76(114)96-60(29-21-24-36-89)77(115)104-70(50(8)9)84(122)102-66)101-83(121)69(49(6)7)103-74(112)53(13)93-78(116)63(39-55-25-17-16-18-26-55)99-79(117)62(38-48(4)5)95-67(109)40-91-54(14)108/h16-18,25-26,30-33,47-53,58-66,69-72,107H,15,19-24,27-29,34-46,87-89H2,1-14H3,(H2,90,111)(H,91,108)(H,92,113)(H,93,116)(H,94,110)(H,95,109)(H,96,114)(H,97,119)(H,98,124)(H,99,117)(H,100,120)(H,101,121)(H,102,122)(H,103,112)(H,104,115)(H,105,118)(H,106,123)/t52-,53-,58-,59-,60-,61-,62-,63-,64-,65-,66-,69-,70-,71-,72-/m0/s1. The first-order valence-electron chi connectivity index (χ1n) is 43.6. The fraction of sp³-hybridized carbons (Fsp3) is 0.663. The Kier molecular flexibility index (Phi) is 51.0. The monoisotopic (exact) mass is 1810 g/mol. The highest BCUT2D eigenvalue weighted by Crippen LogP contribution is 2.22. The molecule has 0 spiro atoms. The van der Waals surface area contributed by atoms with Crippen LogP contribution in [0, 0.1) is 35.5 Å². The average Bonchev–Trinajstić information content (AvgIpc) is 0.951. The van der Waals surface area contributed by atoms with Gasteiger partial charge in [-0.3, -0.25) is 81.5 Å². The van der Waals surface area contributed by atoms with Gasteiger partial charge in [-0.2, -0.15) is 23.5 Å². The van der Waals surface area contributed by atoms with Gasteiger partial charge in [-0.15, -0.1) is 0 Å². The maximum atomic E-state index is 15.0. The molecule has 0 saturated heterocycles. The van der Waals surface area contributed by atoms with E-state index in [1.165, 1.54) is 37.4 Å². The number of primary amides is 1. The summed E-state index contributed by atoms with van der Waals surface area (Å²) in [6.07, 6.45) is 3.04.